The molecule has 0 spiro atoms. The highest BCUT2D eigenvalue weighted by atomic mass is 35.5. The molecular formula is C25H28ClN3O5. The zero-order valence-corrected chi connectivity index (χ0v) is 19.6. The lowest BCUT2D eigenvalue weighted by Crippen LogP contribution is -2.56. The number of hydrogen-bond donors (Lipinski definition) is 1. The van der Waals surface area contributed by atoms with E-state index < -0.39 is 18.1 Å². The summed E-state index contributed by atoms with van der Waals surface area (Å²) in [6.45, 7) is -0.0180. The summed E-state index contributed by atoms with van der Waals surface area (Å²) in [4.78, 5) is 45.2. The van der Waals surface area contributed by atoms with Gasteiger partial charge in [0.15, 0.2) is 0 Å². The van der Waals surface area contributed by atoms with Gasteiger partial charge in [0.25, 0.3) is 5.56 Å². The fraction of sp³-hybridized carbons (Fsp3) is 0.600. The first-order valence-corrected chi connectivity index (χ1v) is 12.5. The molecule has 2 aromatic rings. The molecule has 1 amide bonds. The third-order valence-corrected chi connectivity index (χ3v) is 8.57. The number of aromatic nitrogens is 2. The van der Waals surface area contributed by atoms with Crippen molar-refractivity contribution in [2.24, 2.45) is 23.2 Å². The van der Waals surface area contributed by atoms with Crippen LogP contribution < -0.4 is 5.56 Å². The molecule has 180 valence electrons. The number of β-amino-alcohol motifs (C(OH)–C–C–N with tert-alkyl or cyclic N) is 1. The summed E-state index contributed by atoms with van der Waals surface area (Å²) < 4.78 is 6.83. The largest absolute Gasteiger partial charge is 0.458 e. The van der Waals surface area contributed by atoms with Crippen molar-refractivity contribution in [1.29, 1.82) is 0 Å². The van der Waals surface area contributed by atoms with Gasteiger partial charge >= 0.3 is 5.97 Å². The summed E-state index contributed by atoms with van der Waals surface area (Å²) in [6.07, 6.45) is 7.30. The number of carbonyl (C=O) groups excluding carboxylic acids is 2. The molecule has 34 heavy (non-hydrogen) atoms. The number of hydrogen-bond acceptors (Lipinski definition) is 6. The molecule has 0 radical (unpaired) electrons. The number of likely N-dealkylation sites (tertiary alicyclic amines) is 1. The summed E-state index contributed by atoms with van der Waals surface area (Å²) in [5.74, 6) is 1.29. The normalized spacial score (nSPS) is 34.1. The molecule has 4 aliphatic carbocycles. The molecule has 1 aliphatic heterocycles. The van der Waals surface area contributed by atoms with E-state index in [4.69, 9.17) is 16.3 Å². The molecule has 5 aliphatic rings. The van der Waals surface area contributed by atoms with Crippen LogP contribution in [0.1, 0.15) is 50.6 Å². The molecule has 4 bridgehead atoms. The zero-order valence-electron chi connectivity index (χ0n) is 18.9. The maximum absolute atomic E-state index is 13.8. The predicted octanol–water partition coefficient (Wildman–Crippen LogP) is 2.57. The van der Waals surface area contributed by atoms with Crippen LogP contribution in [0.25, 0.3) is 5.65 Å². The lowest BCUT2D eigenvalue weighted by molar-refractivity contribution is -0.166. The Balaban J connectivity index is 1.18. The van der Waals surface area contributed by atoms with Crippen molar-refractivity contribution in [3.8, 4) is 0 Å². The molecule has 8 nitrogen and oxygen atoms in total. The Morgan fingerprint density at radius 3 is 2.47 bits per heavy atom. The Hall–Kier alpha value is -2.45. The van der Waals surface area contributed by atoms with E-state index in [9.17, 15) is 19.5 Å². The molecule has 1 unspecified atom stereocenters. The van der Waals surface area contributed by atoms with E-state index in [0.717, 1.165) is 19.3 Å². The summed E-state index contributed by atoms with van der Waals surface area (Å²) >= 11 is 5.95. The number of aliphatic hydroxyl groups is 1. The molecule has 0 aromatic carbocycles. The maximum atomic E-state index is 13.8. The van der Waals surface area contributed by atoms with E-state index in [1.54, 1.807) is 17.0 Å². The number of pyridine rings is 1. The Kier molecular flexibility index (Phi) is 5.22. The van der Waals surface area contributed by atoms with E-state index in [1.807, 2.05) is 0 Å². The van der Waals surface area contributed by atoms with Crippen molar-refractivity contribution in [3.05, 3.63) is 45.5 Å². The Bertz CT molecular complexity index is 1190. The first-order chi connectivity index (χ1) is 16.3. The standard InChI is InChI=1S/C25H28ClN3O5/c26-17-1-2-21-27-18(6-22(31)29(21)11-17)13-34-23(32)20-7-19(30)12-28(20)24(33)25-8-14-3-15(9-25)5-16(4-14)10-25/h1-2,6,11,14-16,19-20,30H,3-5,7-10,12-13H2/t14?,15?,16?,19?,20-,25?/m0/s1. The molecule has 1 N–H and O–H groups in total. The van der Waals surface area contributed by atoms with Crippen LogP contribution in [0.2, 0.25) is 5.02 Å². The van der Waals surface area contributed by atoms with Gasteiger partial charge in [0.2, 0.25) is 5.91 Å². The third kappa shape index (κ3) is 3.71. The van der Waals surface area contributed by atoms with Gasteiger partial charge in [-0.15, -0.1) is 0 Å². The number of ether oxygens (including phenoxy) is 1. The second-order valence-corrected chi connectivity index (χ2v) is 11.3. The predicted molar refractivity (Wildman–Crippen MR) is 123 cm³/mol. The summed E-state index contributed by atoms with van der Waals surface area (Å²) in [5.41, 5.74) is 0.0113. The first-order valence-electron chi connectivity index (χ1n) is 12.1. The highest BCUT2D eigenvalue weighted by Crippen LogP contribution is 2.60. The van der Waals surface area contributed by atoms with Crippen LogP contribution in [-0.4, -0.2) is 50.0 Å². The molecule has 5 fully saturated rings. The smallest absolute Gasteiger partial charge is 0.329 e. The Morgan fingerprint density at radius 2 is 1.79 bits per heavy atom. The second kappa shape index (κ2) is 8.05. The van der Waals surface area contributed by atoms with E-state index in [1.165, 1.54) is 35.9 Å². The van der Waals surface area contributed by atoms with Crippen molar-refractivity contribution in [3.63, 3.8) is 0 Å². The average Bonchev–Trinajstić information content (AvgIpc) is 3.18. The van der Waals surface area contributed by atoms with Gasteiger partial charge in [-0.05, 0) is 68.4 Å². The van der Waals surface area contributed by atoms with Gasteiger partial charge in [0.1, 0.15) is 18.3 Å². The number of rotatable bonds is 4. The van der Waals surface area contributed by atoms with Crippen molar-refractivity contribution in [2.75, 3.05) is 6.54 Å². The zero-order chi connectivity index (χ0) is 23.6. The number of amides is 1. The number of halogens is 1. The first kappa shape index (κ1) is 22.0. The molecule has 2 atom stereocenters. The molecular weight excluding hydrogens is 458 g/mol. The van der Waals surface area contributed by atoms with Crippen LogP contribution in [0.15, 0.2) is 29.2 Å². The van der Waals surface area contributed by atoms with Crippen molar-refractivity contribution >= 4 is 29.1 Å². The number of fused-ring (bicyclic) bond motifs is 1. The van der Waals surface area contributed by atoms with Crippen LogP contribution in [0.5, 0.6) is 0 Å². The maximum Gasteiger partial charge on any atom is 0.329 e. The lowest BCUT2D eigenvalue weighted by atomic mass is 9.49. The van der Waals surface area contributed by atoms with Gasteiger partial charge in [0.05, 0.1) is 22.2 Å². The van der Waals surface area contributed by atoms with Gasteiger partial charge < -0.3 is 14.7 Å². The molecule has 3 heterocycles. The van der Waals surface area contributed by atoms with Crippen LogP contribution >= 0.6 is 11.6 Å². The highest BCUT2D eigenvalue weighted by molar-refractivity contribution is 6.30. The molecule has 2 aromatic heterocycles. The SMILES string of the molecule is O=C(OCc1cc(=O)n2cc(Cl)ccc2n1)[C@@H]1CC(O)CN1C(=O)C12CC3CC(CC(C3)C1)C2. The van der Waals surface area contributed by atoms with Crippen molar-refractivity contribution in [2.45, 2.75) is 63.7 Å². The monoisotopic (exact) mass is 485 g/mol. The molecule has 1 saturated heterocycles. The average molecular weight is 486 g/mol. The minimum Gasteiger partial charge on any atom is -0.458 e. The molecule has 9 heteroatoms. The van der Waals surface area contributed by atoms with Crippen LogP contribution in [-0.2, 0) is 20.9 Å². The topological polar surface area (TPSA) is 101 Å². The number of aliphatic hydroxyl groups excluding tert-OH is 1. The molecule has 7 rings (SSSR count). The Labute approximate surface area is 201 Å². The quantitative estimate of drug-likeness (QED) is 0.668. The summed E-state index contributed by atoms with van der Waals surface area (Å²) in [7, 11) is 0. The van der Waals surface area contributed by atoms with Crippen molar-refractivity contribution < 1.29 is 19.4 Å². The van der Waals surface area contributed by atoms with E-state index >= 15 is 0 Å². The fourth-order valence-electron chi connectivity index (χ4n) is 7.38. The summed E-state index contributed by atoms with van der Waals surface area (Å²) in [5, 5.41) is 10.8. The summed E-state index contributed by atoms with van der Waals surface area (Å²) in [6, 6.07) is 3.75. The van der Waals surface area contributed by atoms with Gasteiger partial charge in [0, 0.05) is 25.2 Å². The van der Waals surface area contributed by atoms with E-state index in [2.05, 4.69) is 4.98 Å². The minimum atomic E-state index is -0.809. The highest BCUT2D eigenvalue weighted by Gasteiger charge is 2.57. The van der Waals surface area contributed by atoms with Crippen LogP contribution in [0.3, 0.4) is 0 Å². The number of esters is 1. The minimum absolute atomic E-state index is 0.0176. The van der Waals surface area contributed by atoms with E-state index in [-0.39, 0.29) is 36.5 Å². The molecule has 4 saturated carbocycles. The van der Waals surface area contributed by atoms with E-state index in [0.29, 0.717) is 34.1 Å². The number of carbonyl (C=O) groups is 2. The number of nitrogens with zero attached hydrogens (tertiary/aromatic N) is 3. The fourth-order valence-corrected chi connectivity index (χ4v) is 7.54. The van der Waals surface area contributed by atoms with Crippen molar-refractivity contribution in [1.82, 2.24) is 14.3 Å². The van der Waals surface area contributed by atoms with Gasteiger partial charge in [-0.3, -0.25) is 14.0 Å². The van der Waals surface area contributed by atoms with Gasteiger partial charge in [-0.1, -0.05) is 11.6 Å². The second-order valence-electron chi connectivity index (χ2n) is 10.8. The Morgan fingerprint density at radius 1 is 1.12 bits per heavy atom. The van der Waals surface area contributed by atoms with Gasteiger partial charge in [-0.2, -0.15) is 0 Å². The van der Waals surface area contributed by atoms with Crippen LogP contribution in [0.4, 0.5) is 0 Å². The van der Waals surface area contributed by atoms with Gasteiger partial charge in [-0.25, -0.2) is 9.78 Å². The third-order valence-electron chi connectivity index (χ3n) is 8.34. The lowest BCUT2D eigenvalue weighted by Gasteiger charge is -2.56. The van der Waals surface area contributed by atoms with Crippen LogP contribution in [0, 0.1) is 23.2 Å².